The second-order valence-corrected chi connectivity index (χ2v) is 8.20. The van der Waals surface area contributed by atoms with Gasteiger partial charge in [-0.25, -0.2) is 0 Å². The summed E-state index contributed by atoms with van der Waals surface area (Å²) < 4.78 is 0.643. The van der Waals surface area contributed by atoms with Crippen LogP contribution in [0, 0.1) is 0 Å². The molecule has 0 spiro atoms. The number of benzene rings is 2. The minimum atomic E-state index is -0.192. The van der Waals surface area contributed by atoms with Crippen LogP contribution in [0.25, 0.3) is 10.8 Å². The molecule has 1 aliphatic carbocycles. The van der Waals surface area contributed by atoms with E-state index in [1.807, 2.05) is 12.1 Å². The maximum absolute atomic E-state index is 12.4. The fraction of sp³-hybridized carbons (Fsp3) is 0.222. The van der Waals surface area contributed by atoms with Crippen LogP contribution in [-0.4, -0.2) is 27.8 Å². The summed E-state index contributed by atoms with van der Waals surface area (Å²) in [7, 11) is 0. The number of nitrogens with one attached hydrogen (secondary N) is 2. The Bertz CT molecular complexity index is 1010. The molecule has 0 unspecified atom stereocenters. The highest BCUT2D eigenvalue weighted by Gasteiger charge is 2.17. The average molecular weight is 384 g/mol. The molecular weight excluding hydrogens is 368 g/mol. The summed E-state index contributed by atoms with van der Waals surface area (Å²) in [4.78, 5) is 23.4. The lowest BCUT2D eigenvalue weighted by Crippen LogP contribution is -2.14. The number of carbonyl (C=O) groups is 2. The lowest BCUT2D eigenvalue weighted by molar-refractivity contribution is -0.114. The maximum Gasteiger partial charge on any atom is 0.234 e. The van der Waals surface area contributed by atoms with Gasteiger partial charge in [0, 0.05) is 18.0 Å². The van der Waals surface area contributed by atoms with Crippen LogP contribution < -0.4 is 10.6 Å². The summed E-state index contributed by atoms with van der Waals surface area (Å²) >= 11 is 2.55. The van der Waals surface area contributed by atoms with Gasteiger partial charge in [-0.05, 0) is 35.4 Å². The molecule has 1 aromatic heterocycles. The molecule has 0 atom stereocenters. The lowest BCUT2D eigenvalue weighted by atomic mass is 10.0. The number of hydrogen-bond donors (Lipinski definition) is 2. The van der Waals surface area contributed by atoms with Crippen LogP contribution in [0.1, 0.15) is 18.1 Å². The monoisotopic (exact) mass is 384 g/mol. The van der Waals surface area contributed by atoms with Gasteiger partial charge in [-0.3, -0.25) is 9.59 Å². The number of nitrogens with zero attached hydrogens (tertiary/aromatic N) is 2. The molecule has 26 heavy (non-hydrogen) atoms. The number of carbonyl (C=O) groups excluding carboxylic acids is 2. The van der Waals surface area contributed by atoms with Crippen molar-refractivity contribution < 1.29 is 9.59 Å². The van der Waals surface area contributed by atoms with Crippen molar-refractivity contribution in [3.63, 3.8) is 0 Å². The first-order valence-corrected chi connectivity index (χ1v) is 9.97. The van der Waals surface area contributed by atoms with Crippen LogP contribution in [0.3, 0.4) is 0 Å². The second-order valence-electron chi connectivity index (χ2n) is 6.00. The minimum Gasteiger partial charge on any atom is -0.325 e. The molecule has 0 fully saturated rings. The molecule has 3 aromatic rings. The molecule has 2 amide bonds. The zero-order chi connectivity index (χ0) is 18.1. The van der Waals surface area contributed by atoms with Gasteiger partial charge in [0.2, 0.25) is 16.9 Å². The molecule has 0 aliphatic heterocycles. The van der Waals surface area contributed by atoms with Crippen molar-refractivity contribution in [3.05, 3.63) is 41.5 Å². The van der Waals surface area contributed by atoms with E-state index in [0.29, 0.717) is 9.47 Å². The standard InChI is InChI=1S/C18H16N4O2S2/c1-10(23)19-17-21-22-18(26-17)25-9-15(24)20-14-8-7-12-6-5-11-3-2-4-13(14)16(11)12/h2-4,7-8H,5-6,9H2,1H3,(H,20,24)(H,19,21,23). The number of aryl methyl sites for hydroxylation is 2. The number of aromatic nitrogens is 2. The Labute approximate surface area is 158 Å². The summed E-state index contributed by atoms with van der Waals surface area (Å²) in [6.45, 7) is 1.42. The predicted octanol–water partition coefficient (Wildman–Crippen LogP) is 3.48. The fourth-order valence-electron chi connectivity index (χ4n) is 3.14. The molecule has 132 valence electrons. The van der Waals surface area contributed by atoms with E-state index in [1.54, 1.807) is 0 Å². The summed E-state index contributed by atoms with van der Waals surface area (Å²) in [6.07, 6.45) is 2.13. The van der Waals surface area contributed by atoms with Gasteiger partial charge in [-0.2, -0.15) is 0 Å². The SMILES string of the molecule is CC(=O)Nc1nnc(SCC(=O)Nc2ccc3c4c(cccc24)CC3)s1. The van der Waals surface area contributed by atoms with Crippen molar-refractivity contribution in [1.82, 2.24) is 10.2 Å². The van der Waals surface area contributed by atoms with E-state index in [2.05, 4.69) is 39.0 Å². The number of amides is 2. The molecule has 1 heterocycles. The van der Waals surface area contributed by atoms with Crippen molar-refractivity contribution in [2.24, 2.45) is 0 Å². The zero-order valence-corrected chi connectivity index (χ0v) is 15.7. The maximum atomic E-state index is 12.4. The van der Waals surface area contributed by atoms with Gasteiger partial charge < -0.3 is 10.6 Å². The van der Waals surface area contributed by atoms with Crippen LogP contribution >= 0.6 is 23.1 Å². The van der Waals surface area contributed by atoms with Crippen molar-refractivity contribution in [1.29, 1.82) is 0 Å². The van der Waals surface area contributed by atoms with Gasteiger partial charge in [0.05, 0.1) is 5.75 Å². The van der Waals surface area contributed by atoms with Crippen LogP contribution in [0.2, 0.25) is 0 Å². The normalized spacial score (nSPS) is 12.3. The van der Waals surface area contributed by atoms with Gasteiger partial charge in [0.1, 0.15) is 0 Å². The number of rotatable bonds is 5. The largest absolute Gasteiger partial charge is 0.325 e. The van der Waals surface area contributed by atoms with Gasteiger partial charge in [0.25, 0.3) is 0 Å². The molecular formula is C18H16N4O2S2. The molecule has 4 rings (SSSR count). The number of anilines is 2. The van der Waals surface area contributed by atoms with Crippen LogP contribution in [0.5, 0.6) is 0 Å². The van der Waals surface area contributed by atoms with E-state index in [-0.39, 0.29) is 17.6 Å². The van der Waals surface area contributed by atoms with Gasteiger partial charge >= 0.3 is 0 Å². The minimum absolute atomic E-state index is 0.0926. The van der Waals surface area contributed by atoms with Crippen LogP contribution in [0.4, 0.5) is 10.8 Å². The molecule has 0 saturated heterocycles. The predicted molar refractivity (Wildman–Crippen MR) is 105 cm³/mol. The van der Waals surface area contributed by atoms with E-state index in [0.717, 1.165) is 23.9 Å². The first kappa shape index (κ1) is 17.0. The van der Waals surface area contributed by atoms with E-state index >= 15 is 0 Å². The van der Waals surface area contributed by atoms with Gasteiger partial charge in [-0.15, -0.1) is 10.2 Å². The fourth-order valence-corrected chi connectivity index (χ4v) is 4.74. The Morgan fingerprint density at radius 3 is 2.73 bits per heavy atom. The third-order valence-corrected chi connectivity index (χ3v) is 6.14. The highest BCUT2D eigenvalue weighted by Crippen LogP contribution is 2.35. The van der Waals surface area contributed by atoms with Crippen molar-refractivity contribution in [2.75, 3.05) is 16.4 Å². The highest BCUT2D eigenvalue weighted by molar-refractivity contribution is 8.01. The molecule has 2 N–H and O–H groups in total. The topological polar surface area (TPSA) is 84.0 Å². The van der Waals surface area contributed by atoms with E-state index in [4.69, 9.17) is 0 Å². The quantitative estimate of drug-likeness (QED) is 0.520. The number of thioether (sulfide) groups is 1. The third-order valence-electron chi connectivity index (χ3n) is 4.17. The first-order valence-electron chi connectivity index (χ1n) is 8.17. The Hall–Kier alpha value is -2.45. The molecule has 0 bridgehead atoms. The molecule has 0 saturated carbocycles. The molecule has 6 nitrogen and oxygen atoms in total. The summed E-state index contributed by atoms with van der Waals surface area (Å²) in [5, 5.41) is 16.2. The second kappa shape index (κ2) is 7.05. The summed E-state index contributed by atoms with van der Waals surface area (Å²) in [6, 6.07) is 10.3. The Balaban J connectivity index is 1.44. The smallest absolute Gasteiger partial charge is 0.234 e. The Kier molecular flexibility index (Phi) is 4.60. The van der Waals surface area contributed by atoms with Gasteiger partial charge in [0.15, 0.2) is 4.34 Å². The van der Waals surface area contributed by atoms with E-state index < -0.39 is 0 Å². The lowest BCUT2D eigenvalue weighted by Gasteiger charge is -2.10. The van der Waals surface area contributed by atoms with E-state index in [1.165, 1.54) is 46.5 Å². The molecule has 8 heteroatoms. The van der Waals surface area contributed by atoms with Crippen molar-refractivity contribution in [3.8, 4) is 0 Å². The highest BCUT2D eigenvalue weighted by atomic mass is 32.2. The Morgan fingerprint density at radius 1 is 1.12 bits per heavy atom. The van der Waals surface area contributed by atoms with Crippen LogP contribution in [-0.2, 0) is 22.4 Å². The molecule has 0 radical (unpaired) electrons. The first-order chi connectivity index (χ1) is 12.6. The Morgan fingerprint density at radius 2 is 1.92 bits per heavy atom. The van der Waals surface area contributed by atoms with E-state index in [9.17, 15) is 9.59 Å². The number of hydrogen-bond acceptors (Lipinski definition) is 6. The average Bonchev–Trinajstić information content (AvgIpc) is 3.23. The summed E-state index contributed by atoms with van der Waals surface area (Å²) in [5.74, 6) is -0.0510. The van der Waals surface area contributed by atoms with Crippen molar-refractivity contribution in [2.45, 2.75) is 24.1 Å². The summed E-state index contributed by atoms with van der Waals surface area (Å²) in [5.41, 5.74) is 3.54. The van der Waals surface area contributed by atoms with Crippen LogP contribution in [0.15, 0.2) is 34.7 Å². The van der Waals surface area contributed by atoms with Crippen molar-refractivity contribution >= 4 is 56.5 Å². The molecule has 2 aromatic carbocycles. The van der Waals surface area contributed by atoms with Gasteiger partial charge in [-0.1, -0.05) is 47.4 Å². The zero-order valence-electron chi connectivity index (χ0n) is 14.0. The third kappa shape index (κ3) is 3.42. The molecule has 1 aliphatic rings.